The van der Waals surface area contributed by atoms with Gasteiger partial charge in [0.1, 0.15) is 23.7 Å². The predicted molar refractivity (Wildman–Crippen MR) is 145 cm³/mol. The zero-order chi connectivity index (χ0) is 26.6. The number of rotatable bonds is 7. The van der Waals surface area contributed by atoms with E-state index in [9.17, 15) is 9.59 Å². The number of hydrogen-bond donors (Lipinski definition) is 3. The van der Waals surface area contributed by atoms with Crippen molar-refractivity contribution in [3.8, 4) is 11.3 Å². The molecule has 11 nitrogen and oxygen atoms in total. The van der Waals surface area contributed by atoms with Gasteiger partial charge in [0.15, 0.2) is 5.65 Å². The number of hydrogen-bond acceptors (Lipinski definition) is 8. The SMILES string of the molecule is CNCC=CC(=O)N1CC[C@@H](n2nc(-c3ccc(C(=O)Nc4cc(C)ccn4)cc3)c3c(N)ncnc32)C1. The molecule has 1 aliphatic heterocycles. The third kappa shape index (κ3) is 5.09. The Hall–Kier alpha value is -4.64. The Morgan fingerprint density at radius 1 is 1.16 bits per heavy atom. The molecular weight excluding hydrogens is 482 g/mol. The van der Waals surface area contributed by atoms with Crippen LogP contribution in [0, 0.1) is 6.92 Å². The van der Waals surface area contributed by atoms with Crippen LogP contribution in [-0.4, -0.2) is 68.1 Å². The van der Waals surface area contributed by atoms with Crippen LogP contribution in [0.2, 0.25) is 0 Å². The summed E-state index contributed by atoms with van der Waals surface area (Å²) in [6, 6.07) is 10.8. The van der Waals surface area contributed by atoms with E-state index in [-0.39, 0.29) is 17.9 Å². The molecule has 4 aromatic rings. The number of carbonyl (C=O) groups excluding carboxylic acids is 2. The van der Waals surface area contributed by atoms with Crippen molar-refractivity contribution in [3.05, 3.63) is 72.2 Å². The van der Waals surface area contributed by atoms with Crippen LogP contribution >= 0.6 is 0 Å². The largest absolute Gasteiger partial charge is 0.383 e. The molecule has 0 spiro atoms. The first-order chi connectivity index (χ1) is 18.4. The number of amides is 2. The highest BCUT2D eigenvalue weighted by Gasteiger charge is 2.30. The molecule has 1 atom stereocenters. The second kappa shape index (κ2) is 10.8. The number of benzene rings is 1. The van der Waals surface area contributed by atoms with E-state index in [1.807, 2.05) is 53.9 Å². The molecule has 0 unspecified atom stereocenters. The molecular formula is C27H29N9O2. The van der Waals surface area contributed by atoms with Gasteiger partial charge in [0.25, 0.3) is 5.91 Å². The van der Waals surface area contributed by atoms with Crippen LogP contribution in [0.1, 0.15) is 28.4 Å². The van der Waals surface area contributed by atoms with Crippen LogP contribution in [0.3, 0.4) is 0 Å². The molecule has 4 N–H and O–H groups in total. The first-order valence-corrected chi connectivity index (χ1v) is 12.4. The summed E-state index contributed by atoms with van der Waals surface area (Å²) in [5.74, 6) is 0.538. The Kier molecular flexibility index (Phi) is 7.09. The summed E-state index contributed by atoms with van der Waals surface area (Å²) in [6.07, 6.45) is 7.23. The standard InChI is InChI=1S/C27H29N9O2/c1-17-9-12-30-21(14-17)33-27(38)19-7-5-18(6-8-19)24-23-25(28)31-16-32-26(23)36(34-24)20-10-13-35(15-20)22(37)4-3-11-29-2/h3-9,12,14,16,20,29H,10-11,13,15H2,1-2H3,(H2,28,31,32)(H,30,33,38)/t20-/m1/s1. The maximum Gasteiger partial charge on any atom is 0.256 e. The Balaban J connectivity index is 1.40. The van der Waals surface area contributed by atoms with E-state index < -0.39 is 0 Å². The zero-order valence-electron chi connectivity index (χ0n) is 21.3. The minimum absolute atomic E-state index is 0.0247. The lowest BCUT2D eigenvalue weighted by Crippen LogP contribution is -2.27. The second-order valence-electron chi connectivity index (χ2n) is 9.19. The molecule has 0 saturated carbocycles. The lowest BCUT2D eigenvalue weighted by atomic mass is 10.1. The van der Waals surface area contributed by atoms with Crippen molar-refractivity contribution in [1.82, 2.24) is 34.9 Å². The maximum absolute atomic E-state index is 12.7. The summed E-state index contributed by atoms with van der Waals surface area (Å²) in [5.41, 5.74) is 9.79. The number of nitrogens with one attached hydrogen (secondary N) is 2. The molecule has 11 heteroatoms. The average molecular weight is 512 g/mol. The molecule has 0 aliphatic carbocycles. The Morgan fingerprint density at radius 3 is 2.74 bits per heavy atom. The van der Waals surface area contributed by atoms with E-state index in [0.29, 0.717) is 53.6 Å². The van der Waals surface area contributed by atoms with E-state index >= 15 is 0 Å². The molecule has 1 aliphatic rings. The van der Waals surface area contributed by atoms with Crippen LogP contribution in [0.15, 0.2) is 61.1 Å². The van der Waals surface area contributed by atoms with Crippen molar-refractivity contribution >= 4 is 34.5 Å². The number of likely N-dealkylation sites (N-methyl/N-ethyl adjacent to an activating group) is 1. The van der Waals surface area contributed by atoms with Crippen molar-refractivity contribution in [3.63, 3.8) is 0 Å². The second-order valence-corrected chi connectivity index (χ2v) is 9.19. The molecule has 5 rings (SSSR count). The van der Waals surface area contributed by atoms with Gasteiger partial charge in [0.2, 0.25) is 5.91 Å². The molecule has 0 radical (unpaired) electrons. The molecule has 38 heavy (non-hydrogen) atoms. The van der Waals surface area contributed by atoms with Gasteiger partial charge in [-0.15, -0.1) is 0 Å². The van der Waals surface area contributed by atoms with Crippen molar-refractivity contribution in [2.45, 2.75) is 19.4 Å². The van der Waals surface area contributed by atoms with Gasteiger partial charge >= 0.3 is 0 Å². The highest BCUT2D eigenvalue weighted by atomic mass is 16.2. The third-order valence-corrected chi connectivity index (χ3v) is 6.50. The minimum atomic E-state index is -0.257. The molecule has 3 aromatic heterocycles. The Bertz CT molecular complexity index is 1510. The normalized spacial score (nSPS) is 15.4. The first-order valence-electron chi connectivity index (χ1n) is 12.4. The van der Waals surface area contributed by atoms with Crippen molar-refractivity contribution < 1.29 is 9.59 Å². The first kappa shape index (κ1) is 25.0. The molecule has 0 bridgehead atoms. The van der Waals surface area contributed by atoms with Crippen molar-refractivity contribution in [1.29, 1.82) is 0 Å². The van der Waals surface area contributed by atoms with Crippen LogP contribution in [0.4, 0.5) is 11.6 Å². The fraction of sp³-hybridized carbons (Fsp3) is 0.259. The number of anilines is 2. The van der Waals surface area contributed by atoms with Gasteiger partial charge < -0.3 is 21.3 Å². The van der Waals surface area contributed by atoms with Gasteiger partial charge in [-0.05, 0) is 50.2 Å². The third-order valence-electron chi connectivity index (χ3n) is 6.50. The van der Waals surface area contributed by atoms with Gasteiger partial charge in [0, 0.05) is 43.0 Å². The fourth-order valence-corrected chi connectivity index (χ4v) is 4.55. The molecule has 1 saturated heterocycles. The summed E-state index contributed by atoms with van der Waals surface area (Å²) in [7, 11) is 1.83. The zero-order valence-corrected chi connectivity index (χ0v) is 21.3. The van der Waals surface area contributed by atoms with Gasteiger partial charge in [-0.1, -0.05) is 18.2 Å². The number of nitrogens with zero attached hydrogens (tertiary/aromatic N) is 6. The molecule has 1 fully saturated rings. The van der Waals surface area contributed by atoms with Crippen LogP contribution in [0.25, 0.3) is 22.3 Å². The number of pyridine rings is 1. The van der Waals surface area contributed by atoms with Gasteiger partial charge in [-0.2, -0.15) is 5.10 Å². The summed E-state index contributed by atoms with van der Waals surface area (Å²) in [4.78, 5) is 39.9. The van der Waals surface area contributed by atoms with Gasteiger partial charge in [-0.25, -0.2) is 19.6 Å². The summed E-state index contributed by atoms with van der Waals surface area (Å²) >= 11 is 0. The van der Waals surface area contributed by atoms with E-state index in [2.05, 4.69) is 25.6 Å². The van der Waals surface area contributed by atoms with E-state index in [4.69, 9.17) is 10.8 Å². The predicted octanol–water partition coefficient (Wildman–Crippen LogP) is 2.58. The monoisotopic (exact) mass is 511 g/mol. The summed E-state index contributed by atoms with van der Waals surface area (Å²) < 4.78 is 1.84. The van der Waals surface area contributed by atoms with Gasteiger partial charge in [-0.3, -0.25) is 9.59 Å². The Labute approximate surface area is 219 Å². The minimum Gasteiger partial charge on any atom is -0.383 e. The van der Waals surface area contributed by atoms with E-state index in [1.54, 1.807) is 24.4 Å². The molecule has 1 aromatic carbocycles. The fourth-order valence-electron chi connectivity index (χ4n) is 4.55. The van der Waals surface area contributed by atoms with E-state index in [0.717, 1.165) is 17.5 Å². The number of fused-ring (bicyclic) bond motifs is 1. The number of nitrogen functional groups attached to an aromatic ring is 1. The van der Waals surface area contributed by atoms with Crippen LogP contribution < -0.4 is 16.4 Å². The number of aromatic nitrogens is 5. The number of aryl methyl sites for hydroxylation is 1. The maximum atomic E-state index is 12.7. The van der Waals surface area contributed by atoms with Crippen molar-refractivity contribution in [2.75, 3.05) is 37.7 Å². The number of likely N-dealkylation sites (tertiary alicyclic amines) is 1. The summed E-state index contributed by atoms with van der Waals surface area (Å²) in [5, 5.41) is 11.3. The summed E-state index contributed by atoms with van der Waals surface area (Å²) in [6.45, 7) is 3.73. The molecule has 4 heterocycles. The lowest BCUT2D eigenvalue weighted by molar-refractivity contribution is -0.125. The lowest BCUT2D eigenvalue weighted by Gasteiger charge is -2.15. The average Bonchev–Trinajstić information content (AvgIpc) is 3.55. The van der Waals surface area contributed by atoms with Crippen LogP contribution in [0.5, 0.6) is 0 Å². The van der Waals surface area contributed by atoms with Crippen LogP contribution in [-0.2, 0) is 4.79 Å². The quantitative estimate of drug-likeness (QED) is 0.321. The highest BCUT2D eigenvalue weighted by Crippen LogP contribution is 2.34. The van der Waals surface area contributed by atoms with Gasteiger partial charge in [0.05, 0.1) is 11.4 Å². The van der Waals surface area contributed by atoms with E-state index in [1.165, 1.54) is 6.33 Å². The molecule has 194 valence electrons. The number of carbonyl (C=O) groups is 2. The molecule has 2 amide bonds. The highest BCUT2D eigenvalue weighted by molar-refractivity contribution is 6.04. The topological polar surface area (TPSA) is 144 Å². The Morgan fingerprint density at radius 2 is 1.97 bits per heavy atom. The number of nitrogens with two attached hydrogens (primary N) is 1. The smallest absolute Gasteiger partial charge is 0.256 e. The van der Waals surface area contributed by atoms with Crippen molar-refractivity contribution in [2.24, 2.45) is 0 Å².